The van der Waals surface area contributed by atoms with Crippen LogP contribution in [0.2, 0.25) is 0 Å². The summed E-state index contributed by atoms with van der Waals surface area (Å²) in [6.45, 7) is 4.72. The van der Waals surface area contributed by atoms with Gasteiger partial charge in [-0.25, -0.2) is 11.0 Å². The van der Waals surface area contributed by atoms with Gasteiger partial charge < -0.3 is 11.1 Å². The first kappa shape index (κ1) is 18.7. The van der Waals surface area contributed by atoms with Crippen LogP contribution in [0.5, 0.6) is 0 Å². The van der Waals surface area contributed by atoms with Crippen LogP contribution in [0.25, 0.3) is 5.57 Å². The van der Waals surface area contributed by atoms with Crippen LogP contribution in [0.15, 0.2) is 59.7 Å². The molecular weight excluding hydrogens is 346 g/mol. The van der Waals surface area contributed by atoms with Crippen molar-refractivity contribution >= 4 is 11.4 Å². The summed E-state index contributed by atoms with van der Waals surface area (Å²) in [4.78, 5) is 0. The van der Waals surface area contributed by atoms with Gasteiger partial charge in [-0.1, -0.05) is 54.6 Å². The van der Waals surface area contributed by atoms with Gasteiger partial charge in [-0.05, 0) is 67.0 Å². The largest absolute Gasteiger partial charge is 0.382 e. The summed E-state index contributed by atoms with van der Waals surface area (Å²) in [5.41, 5.74) is 12.6. The Labute approximate surface area is 167 Å². The molecule has 1 aliphatic heterocycles. The highest BCUT2D eigenvalue weighted by atomic mass is 15.6. The summed E-state index contributed by atoms with van der Waals surface area (Å²) >= 11 is 0. The highest BCUT2D eigenvalue weighted by molar-refractivity contribution is 5.97. The van der Waals surface area contributed by atoms with Crippen molar-refractivity contribution in [1.29, 1.82) is 0 Å². The molecule has 1 saturated heterocycles. The molecule has 0 radical (unpaired) electrons. The van der Waals surface area contributed by atoms with Crippen molar-refractivity contribution in [2.24, 2.45) is 22.1 Å². The van der Waals surface area contributed by atoms with E-state index in [1.165, 1.54) is 40.2 Å². The highest BCUT2D eigenvalue weighted by Gasteiger charge is 2.34. The molecule has 0 atom stereocenters. The van der Waals surface area contributed by atoms with Crippen molar-refractivity contribution in [3.8, 4) is 0 Å². The summed E-state index contributed by atoms with van der Waals surface area (Å²) in [5, 5.41) is 9.05. The van der Waals surface area contributed by atoms with Crippen LogP contribution >= 0.6 is 0 Å². The van der Waals surface area contributed by atoms with Crippen LogP contribution < -0.4 is 16.9 Å². The van der Waals surface area contributed by atoms with Gasteiger partial charge in [0.15, 0.2) is 5.84 Å². The molecule has 0 bridgehead atoms. The number of hydrogen-bond donors (Lipinski definition) is 3. The van der Waals surface area contributed by atoms with Crippen molar-refractivity contribution in [1.82, 2.24) is 10.4 Å². The molecule has 0 unspecified atom stereocenters. The minimum absolute atomic E-state index is 0.259. The maximum absolute atomic E-state index is 6.10. The van der Waals surface area contributed by atoms with Gasteiger partial charge in [-0.15, -0.1) is 5.10 Å². The van der Waals surface area contributed by atoms with Gasteiger partial charge in [0, 0.05) is 5.56 Å². The van der Waals surface area contributed by atoms with Crippen molar-refractivity contribution in [3.05, 3.63) is 76.9 Å². The number of nitrogens with two attached hydrogens (primary N) is 2. The predicted molar refractivity (Wildman–Crippen MR) is 115 cm³/mol. The first-order valence-corrected chi connectivity index (χ1v) is 10.1. The van der Waals surface area contributed by atoms with Crippen LogP contribution in [-0.4, -0.2) is 30.6 Å². The lowest BCUT2D eigenvalue weighted by Crippen LogP contribution is -2.38. The van der Waals surface area contributed by atoms with Gasteiger partial charge in [0.25, 0.3) is 0 Å². The summed E-state index contributed by atoms with van der Waals surface area (Å²) < 4.78 is 0. The Kier molecular flexibility index (Phi) is 5.20. The topological polar surface area (TPSA) is 79.7 Å². The number of hydrogen-bond acceptors (Lipinski definition) is 4. The summed E-state index contributed by atoms with van der Waals surface area (Å²) in [6, 6.07) is 17.2. The van der Waals surface area contributed by atoms with E-state index in [2.05, 4.69) is 52.9 Å². The third-order valence-corrected chi connectivity index (χ3v) is 5.95. The number of benzene rings is 2. The number of piperidine rings is 1. The van der Waals surface area contributed by atoms with Gasteiger partial charge in [-0.2, -0.15) is 0 Å². The van der Waals surface area contributed by atoms with Crippen molar-refractivity contribution in [2.75, 3.05) is 19.6 Å². The molecule has 4 rings (SSSR count). The van der Waals surface area contributed by atoms with Gasteiger partial charge in [0.05, 0.1) is 6.54 Å². The molecule has 28 heavy (non-hydrogen) atoms. The van der Waals surface area contributed by atoms with Crippen LogP contribution in [0.3, 0.4) is 0 Å². The fourth-order valence-corrected chi connectivity index (χ4v) is 4.32. The summed E-state index contributed by atoms with van der Waals surface area (Å²) in [6.07, 6.45) is 6.04. The van der Waals surface area contributed by atoms with E-state index in [9.17, 15) is 0 Å². The minimum Gasteiger partial charge on any atom is -0.382 e. The van der Waals surface area contributed by atoms with Crippen molar-refractivity contribution in [3.63, 3.8) is 0 Å². The average Bonchev–Trinajstić information content (AvgIpc) is 2.73. The number of allylic oxidation sites excluding steroid dienone is 1. The monoisotopic (exact) mass is 375 g/mol. The molecule has 2 aromatic rings. The van der Waals surface area contributed by atoms with Gasteiger partial charge in [0.1, 0.15) is 0 Å². The van der Waals surface area contributed by atoms with E-state index in [4.69, 9.17) is 11.6 Å². The van der Waals surface area contributed by atoms with E-state index in [0.717, 1.165) is 25.1 Å². The average molecular weight is 376 g/mol. The molecule has 1 aliphatic carbocycles. The Bertz CT molecular complexity index is 891. The molecular formula is C23H29N5. The second-order valence-electron chi connectivity index (χ2n) is 7.82. The number of rotatable bonds is 4. The van der Waals surface area contributed by atoms with Gasteiger partial charge in [0.2, 0.25) is 0 Å². The fourth-order valence-electron chi connectivity index (χ4n) is 4.32. The Morgan fingerprint density at radius 3 is 2.54 bits per heavy atom. The zero-order valence-electron chi connectivity index (χ0n) is 16.5. The SMILES string of the molecule is CCN(N)/N=C(\N)c1ccc(C2=CC3(CCNCC3)Cc3ccccc32)cc1. The first-order chi connectivity index (χ1) is 13.6. The third-order valence-electron chi connectivity index (χ3n) is 5.95. The second kappa shape index (κ2) is 7.78. The lowest BCUT2D eigenvalue weighted by molar-refractivity contribution is 0.268. The molecule has 0 amide bonds. The third kappa shape index (κ3) is 3.68. The van der Waals surface area contributed by atoms with Crippen LogP contribution in [0, 0.1) is 5.41 Å². The number of hydrazine groups is 1. The maximum Gasteiger partial charge on any atom is 0.152 e. The van der Waals surface area contributed by atoms with E-state index in [1.54, 1.807) is 0 Å². The predicted octanol–water partition coefficient (Wildman–Crippen LogP) is 2.86. The zero-order chi connectivity index (χ0) is 19.6. The van der Waals surface area contributed by atoms with Crippen molar-refractivity contribution in [2.45, 2.75) is 26.2 Å². The first-order valence-electron chi connectivity index (χ1n) is 10.1. The molecule has 5 heteroatoms. The highest BCUT2D eigenvalue weighted by Crippen LogP contribution is 2.44. The molecule has 146 valence electrons. The lowest BCUT2D eigenvalue weighted by Gasteiger charge is -2.39. The van der Waals surface area contributed by atoms with E-state index in [0.29, 0.717) is 12.4 Å². The Morgan fingerprint density at radius 1 is 1.11 bits per heavy atom. The number of nitrogens with zero attached hydrogens (tertiary/aromatic N) is 2. The Hall–Kier alpha value is -2.63. The molecule has 0 saturated carbocycles. The minimum atomic E-state index is 0.259. The second-order valence-corrected chi connectivity index (χ2v) is 7.82. The Morgan fingerprint density at radius 2 is 1.82 bits per heavy atom. The number of fused-ring (bicyclic) bond motifs is 1. The molecule has 1 fully saturated rings. The van der Waals surface area contributed by atoms with E-state index in [1.807, 2.05) is 19.1 Å². The van der Waals surface area contributed by atoms with Gasteiger partial charge in [-0.3, -0.25) is 0 Å². The standard InChI is InChI=1S/C23H29N5/c1-2-28(25)27-22(24)18-9-7-17(8-10-18)21-16-23(11-13-26-14-12-23)15-19-5-3-4-6-20(19)21/h3-10,16,26H,2,11-15,25H2,1H3,(H2,24,27). The van der Waals surface area contributed by atoms with Crippen molar-refractivity contribution < 1.29 is 0 Å². The van der Waals surface area contributed by atoms with Crippen LogP contribution in [0.4, 0.5) is 0 Å². The van der Waals surface area contributed by atoms with E-state index < -0.39 is 0 Å². The summed E-state index contributed by atoms with van der Waals surface area (Å²) in [5.74, 6) is 6.18. The number of amidine groups is 1. The molecule has 0 aromatic heterocycles. The quantitative estimate of drug-likeness (QED) is 0.332. The summed E-state index contributed by atoms with van der Waals surface area (Å²) in [7, 11) is 0. The smallest absolute Gasteiger partial charge is 0.152 e. The molecule has 5 nitrogen and oxygen atoms in total. The maximum atomic E-state index is 6.10. The van der Waals surface area contributed by atoms with Crippen LogP contribution in [-0.2, 0) is 6.42 Å². The fraction of sp³-hybridized carbons (Fsp3) is 0.348. The lowest BCUT2D eigenvalue weighted by atomic mass is 9.67. The molecule has 1 spiro atoms. The zero-order valence-corrected chi connectivity index (χ0v) is 16.5. The molecule has 1 heterocycles. The molecule has 2 aliphatic rings. The molecule has 5 N–H and O–H groups in total. The normalized spacial score (nSPS) is 18.5. The van der Waals surface area contributed by atoms with E-state index in [-0.39, 0.29) is 5.41 Å². The number of nitrogens with one attached hydrogen (secondary N) is 1. The van der Waals surface area contributed by atoms with Crippen LogP contribution in [0.1, 0.15) is 42.0 Å². The number of hydrazone groups is 1. The molecule has 2 aromatic carbocycles. The van der Waals surface area contributed by atoms with Gasteiger partial charge >= 0.3 is 0 Å². The Balaban J connectivity index is 1.71. The van der Waals surface area contributed by atoms with E-state index >= 15 is 0 Å².